The lowest BCUT2D eigenvalue weighted by atomic mass is 9.85. The highest BCUT2D eigenvalue weighted by Crippen LogP contribution is 2.34. The smallest absolute Gasteiger partial charge is 0.272 e. The van der Waals surface area contributed by atoms with Crippen LogP contribution < -0.4 is 21.3 Å². The molecule has 7 N–H and O–H groups in total. The largest absolute Gasteiger partial charge is 0.394 e. The number of nitrogens with zero attached hydrogens (tertiary/aromatic N) is 13. The molecule has 14 aromatic rings. The number of nitrogens with one attached hydrogen (secondary N) is 4. The van der Waals surface area contributed by atoms with Gasteiger partial charge in [0.05, 0.1) is 51.5 Å². The van der Waals surface area contributed by atoms with Gasteiger partial charge in [0.25, 0.3) is 23.6 Å². The highest BCUT2D eigenvalue weighted by Gasteiger charge is 2.34. The van der Waals surface area contributed by atoms with Crippen LogP contribution in [0.2, 0.25) is 0 Å². The van der Waals surface area contributed by atoms with Crippen LogP contribution in [0.25, 0.3) is 33.2 Å². The van der Waals surface area contributed by atoms with Gasteiger partial charge < -0.3 is 36.6 Å². The van der Waals surface area contributed by atoms with Crippen LogP contribution in [0.5, 0.6) is 0 Å². The molecule has 24 nitrogen and oxygen atoms in total. The van der Waals surface area contributed by atoms with Gasteiger partial charge in [0.2, 0.25) is 0 Å². The van der Waals surface area contributed by atoms with Crippen molar-refractivity contribution < 1.29 is 34.5 Å². The first kappa shape index (κ1) is 95.2. The van der Waals surface area contributed by atoms with Gasteiger partial charge in [0.1, 0.15) is 0 Å². The van der Waals surface area contributed by atoms with Crippen molar-refractivity contribution in [3.8, 4) is 22.3 Å². The number of aliphatic hydroxyl groups excluding tert-OH is 3. The Morgan fingerprint density at radius 3 is 1.15 bits per heavy atom. The number of benzene rings is 9. The number of aromatic nitrogens is 9. The van der Waals surface area contributed by atoms with Crippen LogP contribution in [-0.2, 0) is 124 Å². The van der Waals surface area contributed by atoms with Gasteiger partial charge in [-0.25, -0.2) is 0 Å². The fourth-order valence-corrected chi connectivity index (χ4v) is 18.9. The molecule has 9 aromatic carbocycles. The van der Waals surface area contributed by atoms with E-state index in [-0.39, 0.29) is 43.4 Å². The van der Waals surface area contributed by atoms with Crippen molar-refractivity contribution in [2.75, 3.05) is 52.5 Å². The molecule has 0 bridgehead atoms. The fraction of sp³-hybridized carbons (Fsp3) is 0.295. The molecular formula is C112H123N17O7. The van der Waals surface area contributed by atoms with Crippen LogP contribution in [0.3, 0.4) is 0 Å². The van der Waals surface area contributed by atoms with Gasteiger partial charge in [0.15, 0.2) is 22.8 Å². The Morgan fingerprint density at radius 1 is 0.397 bits per heavy atom. The summed E-state index contributed by atoms with van der Waals surface area (Å²) >= 11 is 0. The standard InChI is InChI=1S/C30H32N4O2.C29H30N4O2.C27H27N5O.C26H34N4O2/c1-22-7-5-6-10-26(22)25-13-11-24(12-14-25)20-33-16-15-28-27(21-33)29(32-34(28)17-18-35)30(36)31-19-23-8-3-2-4-9-23;34-18-17-33-27-15-16-32(20-23-11-13-25(14-12-23)24-9-5-2-6-10-24)21-26(27)28(31-33)29(35)30-19-22-7-3-1-4-8-22;1-2-14-32-25-12-15-31(18-21-10-11-24-22(16-21)9-6-13-28-24)19-23(25)26(30-32)27(33)29-17-20-7-4-3-5-8-20;1-19(2)22-10-8-21(9-11-22)17-29-13-12-24-23(18-29)25(28-30(24)14-15-31)26(32)27-16-20-6-4-3-5-7-20/h2-14,35H,15-21H2,1H3,(H,31,36);1-14,34H,15-21H2,(H,30,35);2-11,13,16H,1,12,14-15,17-19H2,(H,29,33);3-8,22,31H,1,9-18H2,2H3,(H,27,32). The van der Waals surface area contributed by atoms with Gasteiger partial charge in [-0.05, 0) is 124 Å². The average molecular weight is 1820 g/mol. The molecule has 1 atom stereocenters. The molecule has 698 valence electrons. The van der Waals surface area contributed by atoms with Crippen molar-refractivity contribution in [1.29, 1.82) is 0 Å². The third-order valence-corrected chi connectivity index (χ3v) is 26.1. The number of aliphatic hydroxyl groups is 3. The molecule has 1 unspecified atom stereocenters. The lowest BCUT2D eigenvalue weighted by Gasteiger charge is -2.30. The minimum absolute atomic E-state index is 0.00330. The number of carbonyl (C=O) groups excluding carboxylic acids is 4. The highest BCUT2D eigenvalue weighted by atomic mass is 16.3. The first-order valence-electron chi connectivity index (χ1n) is 47.5. The van der Waals surface area contributed by atoms with E-state index in [2.05, 4.69) is 221 Å². The van der Waals surface area contributed by atoms with Crippen molar-refractivity contribution in [2.45, 2.75) is 157 Å². The number of aryl methyl sites for hydroxylation is 1. The Balaban J connectivity index is 0.000000132. The lowest BCUT2D eigenvalue weighted by molar-refractivity contribution is 0.0934. The first-order chi connectivity index (χ1) is 66.6. The van der Waals surface area contributed by atoms with E-state index < -0.39 is 0 Å². The van der Waals surface area contributed by atoms with E-state index in [4.69, 9.17) is 0 Å². The molecule has 4 aliphatic heterocycles. The number of allylic oxidation sites excluding steroid dienone is 3. The van der Waals surface area contributed by atoms with Gasteiger partial charge >= 0.3 is 0 Å². The van der Waals surface area contributed by atoms with E-state index >= 15 is 0 Å². The van der Waals surface area contributed by atoms with Crippen LogP contribution in [0.4, 0.5) is 0 Å². The normalized spacial score (nSPS) is 14.7. The summed E-state index contributed by atoms with van der Waals surface area (Å²) in [6.07, 6.45) is 12.7. The molecule has 5 aromatic heterocycles. The third-order valence-electron chi connectivity index (χ3n) is 26.1. The molecule has 19 rings (SSSR count). The molecular weight excluding hydrogens is 1700 g/mol. The predicted octanol–water partition coefficient (Wildman–Crippen LogP) is 15.9. The fourth-order valence-electron chi connectivity index (χ4n) is 18.9. The number of fused-ring (bicyclic) bond motifs is 5. The maximum absolute atomic E-state index is 13.1. The van der Waals surface area contributed by atoms with E-state index in [1.807, 2.05) is 155 Å². The summed E-state index contributed by atoms with van der Waals surface area (Å²) in [5.41, 5.74) is 28.1. The zero-order valence-electron chi connectivity index (χ0n) is 78.0. The number of pyridine rings is 1. The van der Waals surface area contributed by atoms with E-state index in [1.165, 1.54) is 62.1 Å². The van der Waals surface area contributed by atoms with E-state index in [0.29, 0.717) is 101 Å². The topological polar surface area (TPSA) is 274 Å². The second-order valence-corrected chi connectivity index (χ2v) is 35.7. The Morgan fingerprint density at radius 2 is 0.757 bits per heavy atom. The Labute approximate surface area is 796 Å². The van der Waals surface area contributed by atoms with Crippen molar-refractivity contribution in [3.05, 3.63) is 410 Å². The number of amides is 4. The van der Waals surface area contributed by atoms with Crippen molar-refractivity contribution >= 4 is 34.5 Å². The van der Waals surface area contributed by atoms with Gasteiger partial charge in [-0.1, -0.05) is 266 Å². The SMILES string of the molecule is C=C(C)C1CC=C(CN2CCc3c(c(C(=O)NCc4ccccc4)nn3CCO)C2)CC1.C=CCn1nc(C(=O)NCc2ccccc2)c2c1CCN(Cc1ccc3ncccc3c1)C2.Cc1ccccc1-c1ccc(CN2CCc3c(c(C(=O)NCc4ccccc4)nn3CCO)C2)cc1.O=C(NCc1ccccc1)c1nn(CCO)c2c1CN(Cc1ccc(-c3ccccc3)cc1)CC2. The van der Waals surface area contributed by atoms with E-state index in [9.17, 15) is 34.5 Å². The summed E-state index contributed by atoms with van der Waals surface area (Å²) in [4.78, 5) is 66.2. The molecule has 0 radical (unpaired) electrons. The zero-order chi connectivity index (χ0) is 94.1. The predicted molar refractivity (Wildman–Crippen MR) is 534 cm³/mol. The van der Waals surface area contributed by atoms with Crippen LogP contribution in [0.15, 0.2) is 297 Å². The monoisotopic (exact) mass is 1820 g/mol. The van der Waals surface area contributed by atoms with Crippen molar-refractivity contribution in [2.24, 2.45) is 5.92 Å². The molecule has 0 saturated heterocycles. The summed E-state index contributed by atoms with van der Waals surface area (Å²) in [5.74, 6) is -0.00297. The molecule has 1 aliphatic carbocycles. The number of rotatable bonds is 31. The number of carbonyl (C=O) groups is 4. The molecule has 24 heteroatoms. The van der Waals surface area contributed by atoms with Crippen LogP contribution >= 0.6 is 0 Å². The second kappa shape index (κ2) is 46.8. The Bertz CT molecular complexity index is 6430. The molecule has 9 heterocycles. The molecule has 0 spiro atoms. The summed E-state index contributed by atoms with van der Waals surface area (Å²) in [5, 5.41) is 60.2. The average Bonchev–Trinajstić information content (AvgIpc) is 1.64. The minimum Gasteiger partial charge on any atom is -0.394 e. The van der Waals surface area contributed by atoms with Crippen LogP contribution in [0.1, 0.15) is 158 Å². The van der Waals surface area contributed by atoms with Crippen LogP contribution in [-0.4, -0.2) is 155 Å². The molecule has 0 fully saturated rings. The van der Waals surface area contributed by atoms with Gasteiger partial charge in [0, 0.05) is 187 Å². The molecule has 0 saturated carbocycles. The summed E-state index contributed by atoms with van der Waals surface area (Å²) in [7, 11) is 0. The third kappa shape index (κ3) is 24.6. The van der Waals surface area contributed by atoms with Gasteiger partial charge in [-0.15, -0.1) is 6.58 Å². The maximum atomic E-state index is 13.1. The van der Waals surface area contributed by atoms with Crippen LogP contribution in [0, 0.1) is 12.8 Å². The zero-order valence-corrected chi connectivity index (χ0v) is 78.0. The Kier molecular flexibility index (Phi) is 32.8. The summed E-state index contributed by atoms with van der Waals surface area (Å²) in [6, 6.07) is 86.3. The number of hydrogen-bond acceptors (Lipinski definition) is 16. The van der Waals surface area contributed by atoms with Crippen molar-refractivity contribution in [3.63, 3.8) is 0 Å². The molecule has 5 aliphatic rings. The lowest BCUT2D eigenvalue weighted by Crippen LogP contribution is -2.34. The quantitative estimate of drug-likeness (QED) is 0.0199. The van der Waals surface area contributed by atoms with Gasteiger partial charge in [-0.2, -0.15) is 20.4 Å². The Hall–Kier alpha value is -14.0. The minimum atomic E-state index is -0.171. The first-order valence-corrected chi connectivity index (χ1v) is 47.5. The summed E-state index contributed by atoms with van der Waals surface area (Å²) < 4.78 is 7.36. The van der Waals surface area contributed by atoms with Crippen molar-refractivity contribution in [1.82, 2.24) is 85.0 Å². The van der Waals surface area contributed by atoms with E-state index in [1.54, 1.807) is 9.36 Å². The number of hydrogen-bond donors (Lipinski definition) is 7. The second-order valence-electron chi connectivity index (χ2n) is 35.7. The maximum Gasteiger partial charge on any atom is 0.272 e. The molecule has 136 heavy (non-hydrogen) atoms. The highest BCUT2D eigenvalue weighted by molar-refractivity contribution is 5.96. The summed E-state index contributed by atoms with van der Waals surface area (Å²) in [6.45, 7) is 25.7. The molecule has 4 amide bonds. The van der Waals surface area contributed by atoms with Gasteiger partial charge in [-0.3, -0.25) is 62.5 Å². The van der Waals surface area contributed by atoms with E-state index in [0.717, 1.165) is 176 Å².